The van der Waals surface area contributed by atoms with E-state index in [1.54, 1.807) is 18.2 Å². The maximum absolute atomic E-state index is 13.5. The number of benzene rings is 2. The van der Waals surface area contributed by atoms with Crippen LogP contribution < -0.4 is 4.72 Å². The number of sulfonamides is 1. The molecule has 126 valence electrons. The molecule has 0 saturated carbocycles. The van der Waals surface area contributed by atoms with Gasteiger partial charge in [0.05, 0.1) is 4.90 Å². The van der Waals surface area contributed by atoms with Crippen LogP contribution in [-0.2, 0) is 10.0 Å². The van der Waals surface area contributed by atoms with E-state index in [0.29, 0.717) is 24.1 Å². The smallest absolute Gasteiger partial charge is 0.240 e. The lowest BCUT2D eigenvalue weighted by Gasteiger charge is -2.05. The van der Waals surface area contributed by atoms with Gasteiger partial charge < -0.3 is 0 Å². The Hall–Kier alpha value is -2.31. The summed E-state index contributed by atoms with van der Waals surface area (Å²) in [4.78, 5) is 12.2. The van der Waals surface area contributed by atoms with Crippen LogP contribution >= 0.6 is 0 Å². The van der Waals surface area contributed by atoms with Crippen molar-refractivity contribution in [2.75, 3.05) is 6.54 Å². The number of rotatable bonds is 7. The third kappa shape index (κ3) is 4.59. The predicted octanol–water partition coefficient (Wildman–Crippen LogP) is 3.41. The van der Waals surface area contributed by atoms with Crippen LogP contribution in [0.1, 0.15) is 29.3 Å². The zero-order chi connectivity index (χ0) is 17.6. The Kier molecular flexibility index (Phi) is 6.00. The number of nitrogens with one attached hydrogen (secondary N) is 1. The minimum absolute atomic E-state index is 0.102. The SMILES string of the molecule is CCCNS(=O)(=O)c1ccc(C(=O)C=Cc2ccccc2F)cc1. The van der Waals surface area contributed by atoms with E-state index in [0.717, 1.165) is 0 Å². The zero-order valence-electron chi connectivity index (χ0n) is 13.2. The molecule has 0 amide bonds. The second-order valence-corrected chi connectivity index (χ2v) is 6.91. The predicted molar refractivity (Wildman–Crippen MR) is 91.7 cm³/mol. The molecule has 6 heteroatoms. The van der Waals surface area contributed by atoms with Gasteiger partial charge in [0.2, 0.25) is 10.0 Å². The Morgan fingerprint density at radius 2 is 1.79 bits per heavy atom. The summed E-state index contributed by atoms with van der Waals surface area (Å²) in [6, 6.07) is 11.8. The maximum Gasteiger partial charge on any atom is 0.240 e. The largest absolute Gasteiger partial charge is 0.289 e. The lowest BCUT2D eigenvalue weighted by Crippen LogP contribution is -2.24. The zero-order valence-corrected chi connectivity index (χ0v) is 14.0. The maximum atomic E-state index is 13.5. The third-order valence-electron chi connectivity index (χ3n) is 3.31. The Balaban J connectivity index is 2.13. The van der Waals surface area contributed by atoms with Gasteiger partial charge in [0, 0.05) is 17.7 Å². The number of hydrogen-bond acceptors (Lipinski definition) is 3. The minimum Gasteiger partial charge on any atom is -0.289 e. The number of ketones is 1. The standard InChI is InChI=1S/C18H18FNO3S/c1-2-13-20-24(22,23)16-10-7-15(8-11-16)18(21)12-9-14-5-3-4-6-17(14)19/h3-12,20H,2,13H2,1H3. The summed E-state index contributed by atoms with van der Waals surface area (Å²) in [5, 5.41) is 0. The van der Waals surface area contributed by atoms with Gasteiger partial charge in [-0.15, -0.1) is 0 Å². The average Bonchev–Trinajstić information content (AvgIpc) is 2.59. The van der Waals surface area contributed by atoms with Crippen molar-refractivity contribution in [1.82, 2.24) is 4.72 Å². The van der Waals surface area contributed by atoms with Crippen LogP contribution in [0.25, 0.3) is 6.08 Å². The van der Waals surface area contributed by atoms with E-state index in [9.17, 15) is 17.6 Å². The highest BCUT2D eigenvalue weighted by Crippen LogP contribution is 2.13. The number of halogens is 1. The first-order chi connectivity index (χ1) is 11.4. The average molecular weight is 347 g/mol. The monoisotopic (exact) mass is 347 g/mol. The molecule has 1 N–H and O–H groups in total. The molecule has 0 aliphatic carbocycles. The molecular formula is C18H18FNO3S. The molecule has 0 saturated heterocycles. The highest BCUT2D eigenvalue weighted by atomic mass is 32.2. The third-order valence-corrected chi connectivity index (χ3v) is 4.79. The lowest BCUT2D eigenvalue weighted by atomic mass is 10.1. The fourth-order valence-electron chi connectivity index (χ4n) is 1.99. The Morgan fingerprint density at radius 3 is 2.42 bits per heavy atom. The molecule has 0 unspecified atom stereocenters. The van der Waals surface area contributed by atoms with Crippen LogP contribution in [0.2, 0.25) is 0 Å². The first-order valence-electron chi connectivity index (χ1n) is 7.50. The van der Waals surface area contributed by atoms with E-state index in [1.165, 1.54) is 42.5 Å². The molecule has 24 heavy (non-hydrogen) atoms. The number of carbonyl (C=O) groups excluding carboxylic acids is 1. The van der Waals surface area contributed by atoms with Gasteiger partial charge in [0.25, 0.3) is 0 Å². The number of hydrogen-bond donors (Lipinski definition) is 1. The van der Waals surface area contributed by atoms with E-state index >= 15 is 0 Å². The van der Waals surface area contributed by atoms with Crippen molar-refractivity contribution in [2.24, 2.45) is 0 Å². The fourth-order valence-corrected chi connectivity index (χ4v) is 3.12. The Labute approximate surface area is 141 Å². The molecule has 2 aromatic carbocycles. The van der Waals surface area contributed by atoms with Crippen molar-refractivity contribution in [3.8, 4) is 0 Å². The summed E-state index contributed by atoms with van der Waals surface area (Å²) in [6.07, 6.45) is 3.35. The summed E-state index contributed by atoms with van der Waals surface area (Å²) in [7, 11) is -3.55. The number of allylic oxidation sites excluding steroid dienone is 1. The lowest BCUT2D eigenvalue weighted by molar-refractivity contribution is 0.104. The Bertz CT molecular complexity index is 843. The van der Waals surface area contributed by atoms with Gasteiger partial charge in [-0.1, -0.05) is 25.1 Å². The second kappa shape index (κ2) is 7.99. The van der Waals surface area contributed by atoms with Gasteiger partial charge in [-0.05, 0) is 48.9 Å². The molecule has 2 aromatic rings. The summed E-state index contributed by atoms with van der Waals surface area (Å²) in [5.41, 5.74) is 0.644. The van der Waals surface area contributed by atoms with Crippen LogP contribution in [0.3, 0.4) is 0 Å². The highest BCUT2D eigenvalue weighted by molar-refractivity contribution is 7.89. The molecule has 0 spiro atoms. The van der Waals surface area contributed by atoms with Crippen molar-refractivity contribution in [1.29, 1.82) is 0 Å². The van der Waals surface area contributed by atoms with E-state index < -0.39 is 15.8 Å². The summed E-state index contributed by atoms with van der Waals surface area (Å²) < 4.78 is 39.9. The molecule has 0 aliphatic heterocycles. The quantitative estimate of drug-likeness (QED) is 0.617. The van der Waals surface area contributed by atoms with Crippen LogP contribution in [0.5, 0.6) is 0 Å². The van der Waals surface area contributed by atoms with Crippen LogP contribution in [0.15, 0.2) is 59.5 Å². The molecule has 0 radical (unpaired) electrons. The molecule has 0 aromatic heterocycles. The van der Waals surface area contributed by atoms with Crippen molar-refractivity contribution in [2.45, 2.75) is 18.2 Å². The minimum atomic E-state index is -3.55. The fraction of sp³-hybridized carbons (Fsp3) is 0.167. The molecular weight excluding hydrogens is 329 g/mol. The summed E-state index contributed by atoms with van der Waals surface area (Å²) in [6.45, 7) is 2.22. The van der Waals surface area contributed by atoms with E-state index in [2.05, 4.69) is 4.72 Å². The molecule has 4 nitrogen and oxygen atoms in total. The highest BCUT2D eigenvalue weighted by Gasteiger charge is 2.13. The molecule has 0 aliphatic rings. The van der Waals surface area contributed by atoms with Crippen molar-refractivity contribution < 1.29 is 17.6 Å². The molecule has 0 fully saturated rings. The van der Waals surface area contributed by atoms with E-state index in [1.807, 2.05) is 6.92 Å². The first-order valence-corrected chi connectivity index (χ1v) is 8.99. The van der Waals surface area contributed by atoms with Crippen LogP contribution in [-0.4, -0.2) is 20.7 Å². The van der Waals surface area contributed by atoms with E-state index in [4.69, 9.17) is 0 Å². The molecule has 2 rings (SSSR count). The molecule has 0 atom stereocenters. The Morgan fingerprint density at radius 1 is 1.12 bits per heavy atom. The van der Waals surface area contributed by atoms with Crippen LogP contribution in [0.4, 0.5) is 4.39 Å². The van der Waals surface area contributed by atoms with Gasteiger partial charge in [-0.25, -0.2) is 17.5 Å². The van der Waals surface area contributed by atoms with Crippen molar-refractivity contribution in [3.63, 3.8) is 0 Å². The van der Waals surface area contributed by atoms with Gasteiger partial charge in [-0.2, -0.15) is 0 Å². The van der Waals surface area contributed by atoms with Crippen molar-refractivity contribution in [3.05, 3.63) is 71.6 Å². The molecule has 0 bridgehead atoms. The first kappa shape index (κ1) is 18.0. The normalized spacial score (nSPS) is 11.8. The van der Waals surface area contributed by atoms with Gasteiger partial charge in [0.1, 0.15) is 5.82 Å². The van der Waals surface area contributed by atoms with Crippen molar-refractivity contribution >= 4 is 21.9 Å². The summed E-state index contributed by atoms with van der Waals surface area (Å²) >= 11 is 0. The molecule has 0 heterocycles. The van der Waals surface area contributed by atoms with Gasteiger partial charge in [-0.3, -0.25) is 4.79 Å². The van der Waals surface area contributed by atoms with Crippen LogP contribution in [0, 0.1) is 5.82 Å². The second-order valence-electron chi connectivity index (χ2n) is 5.14. The van der Waals surface area contributed by atoms with Gasteiger partial charge in [0.15, 0.2) is 5.78 Å². The van der Waals surface area contributed by atoms with E-state index in [-0.39, 0.29) is 10.7 Å². The van der Waals surface area contributed by atoms with Gasteiger partial charge >= 0.3 is 0 Å². The topological polar surface area (TPSA) is 63.2 Å². The summed E-state index contributed by atoms with van der Waals surface area (Å²) in [5.74, 6) is -0.742. The number of carbonyl (C=O) groups is 1.